The summed E-state index contributed by atoms with van der Waals surface area (Å²) in [5.74, 6) is -0.155. The van der Waals surface area contributed by atoms with E-state index >= 15 is 0 Å². The van der Waals surface area contributed by atoms with Gasteiger partial charge in [0.25, 0.3) is 0 Å². The average Bonchev–Trinajstić information content (AvgIpc) is 3.30. The monoisotopic (exact) mass is 572 g/mol. The first kappa shape index (κ1) is 30.5. The zero-order chi connectivity index (χ0) is 27.6. The zero-order valence-electron chi connectivity index (χ0n) is 24.1. The maximum atomic E-state index is 14.0. The van der Waals surface area contributed by atoms with Gasteiger partial charge in [-0.3, -0.25) is 24.6 Å². The molecule has 9 nitrogen and oxygen atoms in total. The minimum Gasteiger partial charge on any atom is -0.390 e. The number of likely N-dealkylation sites (tertiary alicyclic amines) is 1. The number of halogens is 1. The van der Waals surface area contributed by atoms with Crippen LogP contribution >= 0.6 is 12.4 Å². The number of hydrogen-bond acceptors (Lipinski definition) is 6. The number of aliphatic hydroxyl groups excluding tert-OH is 1. The van der Waals surface area contributed by atoms with Gasteiger partial charge < -0.3 is 15.3 Å². The van der Waals surface area contributed by atoms with Gasteiger partial charge >= 0.3 is 0 Å². The quantitative estimate of drug-likeness (QED) is 0.443. The lowest BCUT2D eigenvalue weighted by atomic mass is 9.77. The molecule has 0 aromatic carbocycles. The fourth-order valence-electron chi connectivity index (χ4n) is 7.13. The number of piperazine rings is 1. The highest BCUT2D eigenvalue weighted by molar-refractivity contribution is 6.00. The molecule has 2 aromatic rings. The maximum Gasteiger partial charge on any atom is 0.248 e. The number of aryl methyl sites for hydroxylation is 2. The number of rotatable bonds is 8. The van der Waals surface area contributed by atoms with Crippen molar-refractivity contribution in [2.24, 2.45) is 5.92 Å². The predicted molar refractivity (Wildman–Crippen MR) is 156 cm³/mol. The number of aromatic nitrogens is 3. The number of nitrogens with zero attached hydrogens (tertiary/aromatic N) is 4. The molecular weight excluding hydrogens is 528 g/mol. The Morgan fingerprint density at radius 1 is 1.12 bits per heavy atom. The van der Waals surface area contributed by atoms with Crippen LogP contribution in [-0.2, 0) is 9.59 Å². The molecule has 1 saturated carbocycles. The summed E-state index contributed by atoms with van der Waals surface area (Å²) < 4.78 is 0. The smallest absolute Gasteiger partial charge is 0.248 e. The standard InChI is InChI=1S/C30H44N6O3.ClH/c1-4-5-17-36-28(38)25(27(37)22-11-7-6-8-12-22)32-29(39)30(36)14-18-35(19-15-30)26(23-13-9-10-16-31-23)24-20(2)33-34-21(24)3;/h9-10,13,16,22,25-27,37H,4-8,11-12,14-15,17-19H2,1-3H3,(H,32,39)(H,33,34);1H/t25-,26?,27-;/m1./s1. The van der Waals surface area contributed by atoms with E-state index in [-0.39, 0.29) is 36.2 Å². The van der Waals surface area contributed by atoms with Gasteiger partial charge in [0.15, 0.2) is 0 Å². The number of H-pyrrole nitrogens is 1. The molecule has 2 saturated heterocycles. The Bertz CT molecular complexity index is 1120. The Labute approximate surface area is 243 Å². The van der Waals surface area contributed by atoms with Crippen LogP contribution in [0.2, 0.25) is 0 Å². The predicted octanol–water partition coefficient (Wildman–Crippen LogP) is 3.84. The SMILES string of the molecule is CCCCN1C(=O)[C@@H]([C@H](O)C2CCCCC2)NC(=O)C12CCN(C(c1ccccn1)c1c(C)n[nH]c1C)CC2.Cl. The molecule has 0 radical (unpaired) electrons. The molecule has 1 aliphatic carbocycles. The minimum absolute atomic E-state index is 0. The topological polar surface area (TPSA) is 114 Å². The molecule has 10 heteroatoms. The van der Waals surface area contributed by atoms with E-state index in [0.717, 1.165) is 61.2 Å². The lowest BCUT2D eigenvalue weighted by Gasteiger charge is -2.53. The number of carbonyl (C=O) groups is 2. The molecule has 2 aromatic heterocycles. The number of aromatic amines is 1. The third-order valence-electron chi connectivity index (χ3n) is 9.38. The summed E-state index contributed by atoms with van der Waals surface area (Å²) >= 11 is 0. The number of piperidine rings is 1. The zero-order valence-corrected chi connectivity index (χ0v) is 24.9. The molecule has 2 aliphatic heterocycles. The molecule has 3 fully saturated rings. The first-order valence-corrected chi connectivity index (χ1v) is 14.8. The van der Waals surface area contributed by atoms with Crippen molar-refractivity contribution in [1.29, 1.82) is 0 Å². The van der Waals surface area contributed by atoms with Gasteiger partial charge in [0.2, 0.25) is 11.8 Å². The number of carbonyl (C=O) groups excluding carboxylic acids is 2. The lowest BCUT2D eigenvalue weighted by molar-refractivity contribution is -0.166. The Hall–Kier alpha value is -2.49. The minimum atomic E-state index is -0.888. The molecule has 4 heterocycles. The van der Waals surface area contributed by atoms with E-state index in [0.29, 0.717) is 32.5 Å². The number of nitrogens with one attached hydrogen (secondary N) is 2. The van der Waals surface area contributed by atoms with Crippen LogP contribution in [0.3, 0.4) is 0 Å². The van der Waals surface area contributed by atoms with Gasteiger partial charge in [-0.25, -0.2) is 0 Å². The van der Waals surface area contributed by atoms with Gasteiger partial charge in [-0.2, -0.15) is 5.10 Å². The Kier molecular flexibility index (Phi) is 9.90. The molecular formula is C30H45ClN6O3. The van der Waals surface area contributed by atoms with Crippen LogP contribution in [0.4, 0.5) is 0 Å². The van der Waals surface area contributed by atoms with Gasteiger partial charge in [-0.05, 0) is 64.0 Å². The highest BCUT2D eigenvalue weighted by Crippen LogP contribution is 2.40. The molecule has 3 atom stereocenters. The van der Waals surface area contributed by atoms with Gasteiger partial charge in [-0.15, -0.1) is 12.4 Å². The Morgan fingerprint density at radius 3 is 2.45 bits per heavy atom. The summed E-state index contributed by atoms with van der Waals surface area (Å²) in [5.41, 5.74) is 3.13. The van der Waals surface area contributed by atoms with Crippen molar-refractivity contribution in [3.05, 3.63) is 47.0 Å². The first-order valence-electron chi connectivity index (χ1n) is 14.8. The average molecular weight is 573 g/mol. The van der Waals surface area contributed by atoms with E-state index in [1.54, 1.807) is 0 Å². The van der Waals surface area contributed by atoms with Crippen LogP contribution in [0, 0.1) is 19.8 Å². The lowest BCUT2D eigenvalue weighted by Crippen LogP contribution is -2.75. The number of unbranched alkanes of at least 4 members (excludes halogenated alkanes) is 1. The second-order valence-electron chi connectivity index (χ2n) is 11.8. The molecule has 3 aliphatic rings. The van der Waals surface area contributed by atoms with E-state index in [1.807, 2.05) is 43.1 Å². The van der Waals surface area contributed by atoms with Gasteiger partial charge in [0.1, 0.15) is 11.6 Å². The molecule has 2 amide bonds. The van der Waals surface area contributed by atoms with E-state index in [4.69, 9.17) is 4.98 Å². The Morgan fingerprint density at radius 2 is 1.85 bits per heavy atom. The Balaban J connectivity index is 0.00000370. The summed E-state index contributed by atoms with van der Waals surface area (Å²) in [5, 5.41) is 21.8. The third kappa shape index (κ3) is 5.65. The fraction of sp³-hybridized carbons (Fsp3) is 0.667. The number of hydrogen-bond donors (Lipinski definition) is 3. The summed E-state index contributed by atoms with van der Waals surface area (Å²) in [6, 6.07) is 5.03. The van der Waals surface area contributed by atoms with E-state index in [2.05, 4.69) is 27.3 Å². The summed E-state index contributed by atoms with van der Waals surface area (Å²) in [7, 11) is 0. The summed E-state index contributed by atoms with van der Waals surface area (Å²) in [6.07, 6.45) is 8.99. The van der Waals surface area contributed by atoms with Crippen LogP contribution in [0.15, 0.2) is 24.4 Å². The maximum absolute atomic E-state index is 14.0. The van der Waals surface area contributed by atoms with Gasteiger partial charge in [-0.1, -0.05) is 38.7 Å². The van der Waals surface area contributed by atoms with Crippen LogP contribution in [0.5, 0.6) is 0 Å². The highest BCUT2D eigenvalue weighted by atomic mass is 35.5. The normalized spacial score (nSPS) is 23.5. The fourth-order valence-corrected chi connectivity index (χ4v) is 7.13. The van der Waals surface area contributed by atoms with Crippen molar-refractivity contribution in [2.45, 2.75) is 102 Å². The van der Waals surface area contributed by atoms with Crippen molar-refractivity contribution in [3.63, 3.8) is 0 Å². The second-order valence-corrected chi connectivity index (χ2v) is 11.8. The number of aliphatic hydroxyl groups is 1. The van der Waals surface area contributed by atoms with Crippen molar-refractivity contribution < 1.29 is 14.7 Å². The van der Waals surface area contributed by atoms with Crippen LogP contribution in [0.25, 0.3) is 0 Å². The molecule has 1 unspecified atom stereocenters. The van der Waals surface area contributed by atoms with Gasteiger partial charge in [0, 0.05) is 37.1 Å². The van der Waals surface area contributed by atoms with E-state index < -0.39 is 17.7 Å². The number of pyridine rings is 1. The summed E-state index contributed by atoms with van der Waals surface area (Å²) in [6.45, 7) is 7.98. The third-order valence-corrected chi connectivity index (χ3v) is 9.38. The van der Waals surface area contributed by atoms with Crippen LogP contribution in [-0.4, -0.2) is 79.2 Å². The molecule has 220 valence electrons. The molecule has 0 bridgehead atoms. The second kappa shape index (κ2) is 13.0. The van der Waals surface area contributed by atoms with E-state index in [1.165, 1.54) is 6.42 Å². The largest absolute Gasteiger partial charge is 0.390 e. The molecule has 40 heavy (non-hydrogen) atoms. The molecule has 5 rings (SSSR count). The summed E-state index contributed by atoms with van der Waals surface area (Å²) in [4.78, 5) is 36.8. The van der Waals surface area contributed by atoms with Crippen molar-refractivity contribution in [3.8, 4) is 0 Å². The first-order chi connectivity index (χ1) is 18.9. The van der Waals surface area contributed by atoms with Crippen molar-refractivity contribution >= 4 is 24.2 Å². The van der Waals surface area contributed by atoms with Crippen LogP contribution in [0.1, 0.15) is 93.4 Å². The highest BCUT2D eigenvalue weighted by Gasteiger charge is 2.55. The number of amides is 2. The van der Waals surface area contributed by atoms with Crippen LogP contribution < -0.4 is 5.32 Å². The van der Waals surface area contributed by atoms with Crippen molar-refractivity contribution in [1.82, 2.24) is 30.3 Å². The van der Waals surface area contributed by atoms with Gasteiger partial charge in [0.05, 0.1) is 23.5 Å². The molecule has 1 spiro atoms. The van der Waals surface area contributed by atoms with Crippen molar-refractivity contribution in [2.75, 3.05) is 19.6 Å². The molecule has 3 N–H and O–H groups in total. The van der Waals surface area contributed by atoms with E-state index in [9.17, 15) is 14.7 Å².